The summed E-state index contributed by atoms with van der Waals surface area (Å²) in [6, 6.07) is 13.7. The first-order chi connectivity index (χ1) is 14.7. The monoisotopic (exact) mass is 461 g/mol. The van der Waals surface area contributed by atoms with Crippen molar-refractivity contribution in [3.63, 3.8) is 0 Å². The maximum atomic E-state index is 12.7. The van der Waals surface area contributed by atoms with Gasteiger partial charge in [-0.2, -0.15) is 0 Å². The van der Waals surface area contributed by atoms with Crippen molar-refractivity contribution < 1.29 is 13.2 Å². The molecule has 1 aromatic heterocycles. The summed E-state index contributed by atoms with van der Waals surface area (Å²) in [5.41, 5.74) is 0.676. The summed E-state index contributed by atoms with van der Waals surface area (Å²) in [4.78, 5) is 18.2. The summed E-state index contributed by atoms with van der Waals surface area (Å²) in [5.74, 6) is -0.140. The van der Waals surface area contributed by atoms with Crippen LogP contribution >= 0.6 is 11.8 Å². The summed E-state index contributed by atoms with van der Waals surface area (Å²) in [5, 5.41) is 3.82. The Morgan fingerprint density at radius 2 is 1.77 bits per heavy atom. The molecule has 3 rings (SSSR count). The first-order valence-electron chi connectivity index (χ1n) is 10.7. The quantitative estimate of drug-likeness (QED) is 0.587. The predicted octanol–water partition coefficient (Wildman–Crippen LogP) is 4.84. The van der Waals surface area contributed by atoms with E-state index in [0.717, 1.165) is 9.92 Å². The van der Waals surface area contributed by atoms with Crippen molar-refractivity contribution in [3.8, 4) is 0 Å². The minimum absolute atomic E-state index is 0.0274. The summed E-state index contributed by atoms with van der Waals surface area (Å²) in [6.45, 7) is 5.36. The van der Waals surface area contributed by atoms with Crippen LogP contribution in [0, 0.1) is 5.92 Å². The number of aromatic nitrogens is 1. The van der Waals surface area contributed by atoms with E-state index < -0.39 is 14.8 Å². The van der Waals surface area contributed by atoms with Crippen molar-refractivity contribution in [1.82, 2.24) is 9.71 Å². The predicted molar refractivity (Wildman–Crippen MR) is 126 cm³/mol. The highest BCUT2D eigenvalue weighted by Gasteiger charge is 2.36. The van der Waals surface area contributed by atoms with Gasteiger partial charge in [0.25, 0.3) is 0 Å². The van der Waals surface area contributed by atoms with Crippen LogP contribution in [-0.2, 0) is 14.8 Å². The molecule has 2 N–H and O–H groups in total. The zero-order chi connectivity index (χ0) is 22.5. The summed E-state index contributed by atoms with van der Waals surface area (Å²) < 4.78 is 27.2. The van der Waals surface area contributed by atoms with Crippen LogP contribution in [0.1, 0.15) is 52.9 Å². The van der Waals surface area contributed by atoms with Crippen molar-refractivity contribution in [2.75, 3.05) is 5.32 Å². The fraction of sp³-hybridized carbons (Fsp3) is 0.478. The summed E-state index contributed by atoms with van der Waals surface area (Å²) in [6.07, 6.45) is 4.90. The summed E-state index contributed by atoms with van der Waals surface area (Å²) >= 11 is 1.57. The highest BCUT2D eigenvalue weighted by atomic mass is 32.2. The molecule has 1 heterocycles. The van der Waals surface area contributed by atoms with Crippen LogP contribution in [0.15, 0.2) is 58.6 Å². The van der Waals surface area contributed by atoms with E-state index >= 15 is 0 Å². The van der Waals surface area contributed by atoms with Crippen LogP contribution in [0.4, 0.5) is 5.69 Å². The number of pyridine rings is 1. The van der Waals surface area contributed by atoms with Crippen molar-refractivity contribution in [3.05, 3.63) is 48.7 Å². The molecular weight excluding hydrogens is 430 g/mol. The van der Waals surface area contributed by atoms with Crippen molar-refractivity contribution >= 4 is 33.4 Å². The first kappa shape index (κ1) is 23.8. The Hall–Kier alpha value is -1.90. The van der Waals surface area contributed by atoms with Gasteiger partial charge in [0.2, 0.25) is 15.9 Å². The Morgan fingerprint density at radius 3 is 2.35 bits per heavy atom. The highest BCUT2D eigenvalue weighted by molar-refractivity contribution is 7.99. The number of rotatable bonds is 8. The molecule has 0 atom stereocenters. The molecular formula is C23H31N3O3S2. The van der Waals surface area contributed by atoms with E-state index in [1.807, 2.05) is 49.4 Å². The largest absolute Gasteiger partial charge is 0.324 e. The van der Waals surface area contributed by atoms with Gasteiger partial charge in [-0.1, -0.05) is 36.9 Å². The van der Waals surface area contributed by atoms with Gasteiger partial charge in [-0.25, -0.2) is 18.1 Å². The number of anilines is 1. The maximum Gasteiger partial charge on any atom is 0.227 e. The lowest BCUT2D eigenvalue weighted by atomic mass is 9.86. The Kier molecular flexibility index (Phi) is 7.78. The second-order valence-corrected chi connectivity index (χ2v) is 12.0. The Labute approximate surface area is 189 Å². The van der Waals surface area contributed by atoms with E-state index in [2.05, 4.69) is 15.0 Å². The number of sulfonamides is 1. The molecule has 0 spiro atoms. The Bertz CT molecular complexity index is 969. The van der Waals surface area contributed by atoms with Gasteiger partial charge >= 0.3 is 0 Å². The fourth-order valence-corrected chi connectivity index (χ4v) is 5.56. The lowest BCUT2D eigenvalue weighted by Gasteiger charge is -2.31. The van der Waals surface area contributed by atoms with Crippen LogP contribution in [0.2, 0.25) is 0 Å². The molecule has 1 fully saturated rings. The minimum atomic E-state index is -3.38. The van der Waals surface area contributed by atoms with Crippen molar-refractivity contribution in [1.29, 1.82) is 0 Å². The van der Waals surface area contributed by atoms with Gasteiger partial charge in [0.15, 0.2) is 0 Å². The molecule has 1 aliphatic carbocycles. The third kappa shape index (κ3) is 6.30. The molecule has 8 heteroatoms. The van der Waals surface area contributed by atoms with Gasteiger partial charge in [-0.05, 0) is 70.2 Å². The van der Waals surface area contributed by atoms with Crippen molar-refractivity contribution in [2.45, 2.75) is 73.6 Å². The number of benzene rings is 1. The molecule has 0 unspecified atom stereocenters. The number of carbonyl (C=O) groups is 1. The maximum absolute atomic E-state index is 12.7. The van der Waals surface area contributed by atoms with Gasteiger partial charge in [-0.3, -0.25) is 4.79 Å². The van der Waals surface area contributed by atoms with E-state index in [1.165, 1.54) is 0 Å². The molecule has 0 bridgehead atoms. The number of hydrogen-bond donors (Lipinski definition) is 2. The number of carbonyl (C=O) groups excluding carboxylic acids is 1. The second kappa shape index (κ2) is 10.1. The lowest BCUT2D eigenvalue weighted by molar-refractivity contribution is -0.120. The third-order valence-electron chi connectivity index (χ3n) is 5.97. The molecule has 1 saturated carbocycles. The average molecular weight is 462 g/mol. The molecule has 0 radical (unpaired) electrons. The Balaban J connectivity index is 1.49. The average Bonchev–Trinajstić information content (AvgIpc) is 2.76. The molecule has 6 nitrogen and oxygen atoms in total. The fourth-order valence-electron chi connectivity index (χ4n) is 3.41. The minimum Gasteiger partial charge on any atom is -0.324 e. The third-order valence-corrected chi connectivity index (χ3v) is 9.31. The molecule has 168 valence electrons. The van der Waals surface area contributed by atoms with E-state index in [9.17, 15) is 13.2 Å². The molecule has 1 aromatic carbocycles. The molecule has 2 aromatic rings. The van der Waals surface area contributed by atoms with E-state index in [0.29, 0.717) is 37.8 Å². The summed E-state index contributed by atoms with van der Waals surface area (Å²) in [7, 11) is -3.38. The van der Waals surface area contributed by atoms with E-state index in [1.54, 1.807) is 31.8 Å². The molecule has 0 aliphatic heterocycles. The zero-order valence-electron chi connectivity index (χ0n) is 18.3. The van der Waals surface area contributed by atoms with Gasteiger partial charge in [0.05, 0.1) is 16.6 Å². The van der Waals surface area contributed by atoms with Crippen LogP contribution in [0.5, 0.6) is 0 Å². The van der Waals surface area contributed by atoms with E-state index in [-0.39, 0.29) is 17.9 Å². The number of nitrogens with one attached hydrogen (secondary N) is 2. The van der Waals surface area contributed by atoms with Crippen LogP contribution in [0.25, 0.3) is 0 Å². The van der Waals surface area contributed by atoms with Gasteiger partial charge in [0.1, 0.15) is 5.03 Å². The van der Waals surface area contributed by atoms with Crippen LogP contribution < -0.4 is 10.0 Å². The standard InChI is InChI=1S/C23H31N3O3S2/c1-4-23(2,3)31(28,29)26-18-12-10-17(11-13-18)22(27)25-19-14-15-21(24-16-19)30-20-8-6-5-7-9-20/h5-9,14-18,26H,4,10-13H2,1-3H3,(H,25,27). The highest BCUT2D eigenvalue weighted by Crippen LogP contribution is 2.29. The second-order valence-electron chi connectivity index (χ2n) is 8.57. The lowest BCUT2D eigenvalue weighted by Crippen LogP contribution is -2.47. The molecule has 0 saturated heterocycles. The smallest absolute Gasteiger partial charge is 0.227 e. The van der Waals surface area contributed by atoms with Gasteiger partial charge in [-0.15, -0.1) is 0 Å². The number of amides is 1. The normalized spacial score (nSPS) is 19.7. The molecule has 31 heavy (non-hydrogen) atoms. The number of nitrogens with zero attached hydrogens (tertiary/aromatic N) is 1. The van der Waals surface area contributed by atoms with E-state index in [4.69, 9.17) is 0 Å². The van der Waals surface area contributed by atoms with Crippen molar-refractivity contribution in [2.24, 2.45) is 5.92 Å². The number of hydrogen-bond acceptors (Lipinski definition) is 5. The molecule has 1 aliphatic rings. The van der Waals surface area contributed by atoms with Crippen LogP contribution in [-0.4, -0.2) is 30.1 Å². The zero-order valence-corrected chi connectivity index (χ0v) is 19.9. The topological polar surface area (TPSA) is 88.2 Å². The van der Waals surface area contributed by atoms with Crippen LogP contribution in [0.3, 0.4) is 0 Å². The first-order valence-corrected chi connectivity index (χ1v) is 13.0. The SMILES string of the molecule is CCC(C)(C)S(=O)(=O)NC1CCC(C(=O)Nc2ccc(Sc3ccccc3)nc2)CC1. The molecule has 1 amide bonds. The van der Waals surface area contributed by atoms with Gasteiger partial charge < -0.3 is 5.32 Å². The van der Waals surface area contributed by atoms with Gasteiger partial charge in [0, 0.05) is 16.9 Å². The Morgan fingerprint density at radius 1 is 1.10 bits per heavy atom.